The molecule has 0 radical (unpaired) electrons. The molecule has 0 amide bonds. The van der Waals surface area contributed by atoms with E-state index in [-0.39, 0.29) is 0 Å². The number of imidazole rings is 1. The molecule has 1 N–H and O–H groups in total. The van der Waals surface area contributed by atoms with Gasteiger partial charge in [-0.3, -0.25) is 0 Å². The Hall–Kier alpha value is -0.830. The molecule has 1 rings (SSSR count). The molecule has 1 aromatic rings. The molecule has 0 aromatic carbocycles. The number of aromatic nitrogens is 2. The third-order valence-electron chi connectivity index (χ3n) is 3.03. The third-order valence-corrected chi connectivity index (χ3v) is 3.03. The smallest absolute Gasteiger partial charge is 0.109 e. The van der Waals surface area contributed by atoms with Crippen LogP contribution in [-0.2, 0) is 13.5 Å². The van der Waals surface area contributed by atoms with Gasteiger partial charge in [0.15, 0.2) is 0 Å². The van der Waals surface area contributed by atoms with Gasteiger partial charge >= 0.3 is 0 Å². The first kappa shape index (κ1) is 12.2. The molecule has 0 aliphatic rings. The molecular weight excluding hydrogens is 186 g/mol. The van der Waals surface area contributed by atoms with Crippen molar-refractivity contribution < 1.29 is 0 Å². The third kappa shape index (κ3) is 4.04. The lowest BCUT2D eigenvalue weighted by Crippen LogP contribution is -2.25. The van der Waals surface area contributed by atoms with Gasteiger partial charge in [-0.25, -0.2) is 4.98 Å². The van der Waals surface area contributed by atoms with Crippen molar-refractivity contribution in [1.29, 1.82) is 0 Å². The van der Waals surface area contributed by atoms with Crippen molar-refractivity contribution in [2.75, 3.05) is 13.1 Å². The van der Waals surface area contributed by atoms with Crippen molar-refractivity contribution in [3.63, 3.8) is 0 Å². The van der Waals surface area contributed by atoms with E-state index in [0.29, 0.717) is 0 Å². The number of hydrogen-bond donors (Lipinski definition) is 1. The highest BCUT2D eigenvalue weighted by molar-refractivity contribution is 4.91. The van der Waals surface area contributed by atoms with Crippen LogP contribution < -0.4 is 5.32 Å². The fourth-order valence-corrected chi connectivity index (χ4v) is 1.72. The fraction of sp³-hybridized carbons (Fsp3) is 0.750. The molecule has 0 aliphatic carbocycles. The molecule has 15 heavy (non-hydrogen) atoms. The molecule has 1 aromatic heterocycles. The van der Waals surface area contributed by atoms with E-state index >= 15 is 0 Å². The van der Waals surface area contributed by atoms with Crippen LogP contribution in [0.4, 0.5) is 0 Å². The topological polar surface area (TPSA) is 29.9 Å². The molecule has 0 fully saturated rings. The molecule has 0 saturated heterocycles. The van der Waals surface area contributed by atoms with Gasteiger partial charge in [0.05, 0.1) is 0 Å². The van der Waals surface area contributed by atoms with Gasteiger partial charge in [0.1, 0.15) is 5.82 Å². The highest BCUT2D eigenvalue weighted by Crippen LogP contribution is 2.04. The Labute approximate surface area is 92.9 Å². The summed E-state index contributed by atoms with van der Waals surface area (Å²) in [5.74, 6) is 1.98. The lowest BCUT2D eigenvalue weighted by Gasteiger charge is -2.12. The predicted molar refractivity (Wildman–Crippen MR) is 63.9 cm³/mol. The van der Waals surface area contributed by atoms with Gasteiger partial charge in [-0.15, -0.1) is 0 Å². The minimum atomic E-state index is 0.825. The molecule has 0 aliphatic heterocycles. The normalized spacial score (nSPS) is 11.2. The first-order valence-corrected chi connectivity index (χ1v) is 5.94. The van der Waals surface area contributed by atoms with Crippen LogP contribution in [0.25, 0.3) is 0 Å². The Bertz CT molecular complexity index is 264. The van der Waals surface area contributed by atoms with Gasteiger partial charge in [-0.2, -0.15) is 0 Å². The van der Waals surface area contributed by atoms with Crippen molar-refractivity contribution >= 4 is 0 Å². The second-order valence-corrected chi connectivity index (χ2v) is 4.09. The summed E-state index contributed by atoms with van der Waals surface area (Å²) in [5, 5.41) is 3.50. The average molecular weight is 209 g/mol. The average Bonchev–Trinajstić information content (AvgIpc) is 2.65. The Kier molecular flexibility index (Phi) is 5.40. The highest BCUT2D eigenvalue weighted by Gasteiger charge is 2.03. The summed E-state index contributed by atoms with van der Waals surface area (Å²) >= 11 is 0. The summed E-state index contributed by atoms with van der Waals surface area (Å²) in [6, 6.07) is 0. The van der Waals surface area contributed by atoms with Crippen LogP contribution in [0.2, 0.25) is 0 Å². The lowest BCUT2D eigenvalue weighted by atomic mass is 10.0. The first-order chi connectivity index (χ1) is 7.27. The van der Waals surface area contributed by atoms with Crippen LogP contribution in [0, 0.1) is 5.92 Å². The summed E-state index contributed by atoms with van der Waals surface area (Å²) in [6.45, 7) is 6.68. The van der Waals surface area contributed by atoms with Crippen LogP contribution in [0.15, 0.2) is 12.4 Å². The summed E-state index contributed by atoms with van der Waals surface area (Å²) in [5.41, 5.74) is 0. The predicted octanol–water partition coefficient (Wildman–Crippen LogP) is 1.99. The highest BCUT2D eigenvalue weighted by atomic mass is 15.0. The molecule has 3 heteroatoms. The minimum Gasteiger partial charge on any atom is -0.338 e. The molecule has 0 saturated carbocycles. The lowest BCUT2D eigenvalue weighted by molar-refractivity contribution is 0.450. The van der Waals surface area contributed by atoms with E-state index in [1.54, 1.807) is 0 Å². The Morgan fingerprint density at radius 2 is 2.13 bits per heavy atom. The van der Waals surface area contributed by atoms with E-state index in [1.165, 1.54) is 12.8 Å². The zero-order chi connectivity index (χ0) is 11.1. The Morgan fingerprint density at radius 1 is 1.40 bits per heavy atom. The first-order valence-electron chi connectivity index (χ1n) is 5.94. The van der Waals surface area contributed by atoms with E-state index in [4.69, 9.17) is 0 Å². The van der Waals surface area contributed by atoms with Gasteiger partial charge < -0.3 is 9.88 Å². The molecule has 86 valence electrons. The van der Waals surface area contributed by atoms with Crippen molar-refractivity contribution in [2.45, 2.75) is 33.1 Å². The Morgan fingerprint density at radius 3 is 2.67 bits per heavy atom. The van der Waals surface area contributed by atoms with Crippen molar-refractivity contribution in [3.05, 3.63) is 18.2 Å². The van der Waals surface area contributed by atoms with Crippen LogP contribution in [0.3, 0.4) is 0 Å². The number of hydrogen-bond acceptors (Lipinski definition) is 2. The zero-order valence-electron chi connectivity index (χ0n) is 10.2. The molecule has 0 unspecified atom stereocenters. The SMILES string of the molecule is CCC(CC)CNCCc1nccn1C. The Balaban J connectivity index is 2.14. The standard InChI is InChI=1S/C12H23N3/c1-4-11(5-2)10-13-7-6-12-14-8-9-15(12)3/h8-9,11,13H,4-7,10H2,1-3H3. The number of nitrogens with one attached hydrogen (secondary N) is 1. The van der Waals surface area contributed by atoms with Crippen LogP contribution in [0.5, 0.6) is 0 Å². The summed E-state index contributed by atoms with van der Waals surface area (Å²) in [6.07, 6.45) is 7.41. The van der Waals surface area contributed by atoms with Crippen molar-refractivity contribution in [1.82, 2.24) is 14.9 Å². The van der Waals surface area contributed by atoms with E-state index in [1.807, 2.05) is 19.4 Å². The van der Waals surface area contributed by atoms with E-state index in [9.17, 15) is 0 Å². The fourth-order valence-electron chi connectivity index (χ4n) is 1.72. The maximum Gasteiger partial charge on any atom is 0.109 e. The molecule has 1 heterocycles. The number of nitrogens with zero attached hydrogens (tertiary/aromatic N) is 2. The quantitative estimate of drug-likeness (QED) is 0.696. The van der Waals surface area contributed by atoms with Gasteiger partial charge in [-0.05, 0) is 12.5 Å². The zero-order valence-corrected chi connectivity index (χ0v) is 10.2. The molecule has 0 spiro atoms. The molecular formula is C12H23N3. The maximum atomic E-state index is 4.30. The van der Waals surface area contributed by atoms with Crippen molar-refractivity contribution in [2.24, 2.45) is 13.0 Å². The second-order valence-electron chi connectivity index (χ2n) is 4.09. The summed E-state index contributed by atoms with van der Waals surface area (Å²) in [7, 11) is 2.04. The summed E-state index contributed by atoms with van der Waals surface area (Å²) in [4.78, 5) is 4.30. The van der Waals surface area contributed by atoms with Gasteiger partial charge in [0, 0.05) is 32.4 Å². The molecule has 0 atom stereocenters. The molecule has 0 bridgehead atoms. The van der Waals surface area contributed by atoms with Crippen LogP contribution >= 0.6 is 0 Å². The largest absolute Gasteiger partial charge is 0.338 e. The number of rotatable bonds is 7. The number of aryl methyl sites for hydroxylation is 1. The van der Waals surface area contributed by atoms with E-state index in [2.05, 4.69) is 28.7 Å². The summed E-state index contributed by atoms with van der Waals surface area (Å²) < 4.78 is 2.08. The van der Waals surface area contributed by atoms with Gasteiger partial charge in [-0.1, -0.05) is 26.7 Å². The monoisotopic (exact) mass is 209 g/mol. The van der Waals surface area contributed by atoms with Gasteiger partial charge in [0.25, 0.3) is 0 Å². The van der Waals surface area contributed by atoms with Crippen molar-refractivity contribution in [3.8, 4) is 0 Å². The van der Waals surface area contributed by atoms with Gasteiger partial charge in [0.2, 0.25) is 0 Å². The van der Waals surface area contributed by atoms with Crippen LogP contribution in [0.1, 0.15) is 32.5 Å². The maximum absolute atomic E-state index is 4.30. The van der Waals surface area contributed by atoms with E-state index < -0.39 is 0 Å². The molecule has 3 nitrogen and oxygen atoms in total. The minimum absolute atomic E-state index is 0.825. The second kappa shape index (κ2) is 6.62. The van der Waals surface area contributed by atoms with E-state index in [0.717, 1.165) is 31.3 Å². The van der Waals surface area contributed by atoms with Crippen LogP contribution in [-0.4, -0.2) is 22.6 Å².